The van der Waals surface area contributed by atoms with E-state index in [1.165, 1.54) is 6.07 Å². The Hall–Kier alpha value is -1.16. The number of hydrogen-bond donors (Lipinski definition) is 0. The van der Waals surface area contributed by atoms with E-state index < -0.39 is 10.7 Å². The minimum absolute atomic E-state index is 0.155. The predicted octanol–water partition coefficient (Wildman–Crippen LogP) is 3.73. The van der Waals surface area contributed by atoms with Crippen LogP contribution in [0.5, 0.6) is 0 Å². The molecule has 0 aromatic heterocycles. The standard InChI is InChI=1S/C10H11ClFNO2/c1-2-3-4-7-5-10(13(14)15)8(11)6-9(7)12/h5-6H,2-4H2,1H3. The number of aryl methyl sites for hydroxylation is 1. The highest BCUT2D eigenvalue weighted by atomic mass is 35.5. The van der Waals surface area contributed by atoms with Crippen LogP contribution in [0.2, 0.25) is 5.02 Å². The lowest BCUT2D eigenvalue weighted by Crippen LogP contribution is -1.96. The second-order valence-corrected chi connectivity index (χ2v) is 3.66. The molecule has 0 heterocycles. The maximum absolute atomic E-state index is 13.3. The van der Waals surface area contributed by atoms with Gasteiger partial charge < -0.3 is 0 Å². The molecule has 0 fully saturated rings. The Morgan fingerprint density at radius 2 is 2.20 bits per heavy atom. The summed E-state index contributed by atoms with van der Waals surface area (Å²) >= 11 is 5.55. The highest BCUT2D eigenvalue weighted by molar-refractivity contribution is 6.32. The number of unbranched alkanes of at least 4 members (excludes halogenated alkanes) is 1. The SMILES string of the molecule is CCCCc1cc([N+](=O)[O-])c(Cl)cc1F. The Labute approximate surface area is 92.0 Å². The van der Waals surface area contributed by atoms with Gasteiger partial charge in [0.1, 0.15) is 10.8 Å². The van der Waals surface area contributed by atoms with Gasteiger partial charge in [-0.3, -0.25) is 10.1 Å². The summed E-state index contributed by atoms with van der Waals surface area (Å²) in [5.41, 5.74) is 0.122. The van der Waals surface area contributed by atoms with Gasteiger partial charge in [-0.2, -0.15) is 0 Å². The van der Waals surface area contributed by atoms with Crippen LogP contribution in [0.1, 0.15) is 25.3 Å². The number of nitro benzene ring substituents is 1. The van der Waals surface area contributed by atoms with Crippen LogP contribution in [0, 0.1) is 15.9 Å². The molecule has 1 rings (SSSR count). The van der Waals surface area contributed by atoms with E-state index in [9.17, 15) is 14.5 Å². The van der Waals surface area contributed by atoms with E-state index in [4.69, 9.17) is 11.6 Å². The van der Waals surface area contributed by atoms with Crippen molar-refractivity contribution in [2.45, 2.75) is 26.2 Å². The van der Waals surface area contributed by atoms with Crippen LogP contribution in [-0.2, 0) is 6.42 Å². The smallest absolute Gasteiger partial charge is 0.258 e. The minimum Gasteiger partial charge on any atom is -0.258 e. The normalized spacial score (nSPS) is 10.3. The van der Waals surface area contributed by atoms with Crippen LogP contribution in [0.25, 0.3) is 0 Å². The summed E-state index contributed by atoms with van der Waals surface area (Å²) in [4.78, 5) is 9.96. The van der Waals surface area contributed by atoms with Crippen molar-refractivity contribution in [1.29, 1.82) is 0 Å². The fraction of sp³-hybridized carbons (Fsp3) is 0.400. The molecule has 1 aromatic carbocycles. The molecule has 0 spiro atoms. The minimum atomic E-state index is -0.600. The highest BCUT2D eigenvalue weighted by Crippen LogP contribution is 2.28. The molecule has 0 N–H and O–H groups in total. The molecule has 0 aliphatic heterocycles. The van der Waals surface area contributed by atoms with Gasteiger partial charge in [-0.25, -0.2) is 4.39 Å². The molecule has 0 aliphatic rings. The molecule has 0 atom stereocenters. The molecular formula is C10H11ClFNO2. The van der Waals surface area contributed by atoms with Gasteiger partial charge in [-0.1, -0.05) is 24.9 Å². The van der Waals surface area contributed by atoms with Gasteiger partial charge in [0.15, 0.2) is 0 Å². The van der Waals surface area contributed by atoms with Crippen LogP contribution in [0.4, 0.5) is 10.1 Å². The van der Waals surface area contributed by atoms with E-state index in [0.29, 0.717) is 12.0 Å². The second kappa shape index (κ2) is 5.07. The molecule has 0 unspecified atom stereocenters. The molecule has 0 radical (unpaired) electrons. The van der Waals surface area contributed by atoms with E-state index >= 15 is 0 Å². The van der Waals surface area contributed by atoms with Gasteiger partial charge in [0.05, 0.1) is 4.92 Å². The summed E-state index contributed by atoms with van der Waals surface area (Å²) in [5.74, 6) is -0.473. The highest BCUT2D eigenvalue weighted by Gasteiger charge is 2.16. The number of halogens is 2. The molecule has 0 saturated carbocycles. The molecule has 0 amide bonds. The maximum Gasteiger partial charge on any atom is 0.288 e. The number of rotatable bonds is 4. The average molecular weight is 232 g/mol. The van der Waals surface area contributed by atoms with Crippen LogP contribution >= 0.6 is 11.6 Å². The van der Waals surface area contributed by atoms with Gasteiger partial charge in [-0.05, 0) is 24.5 Å². The van der Waals surface area contributed by atoms with Crippen molar-refractivity contribution < 1.29 is 9.31 Å². The van der Waals surface area contributed by atoms with E-state index in [-0.39, 0.29) is 10.7 Å². The lowest BCUT2D eigenvalue weighted by molar-refractivity contribution is -0.384. The van der Waals surface area contributed by atoms with Gasteiger partial charge in [0, 0.05) is 6.07 Å². The molecule has 0 aliphatic carbocycles. The third kappa shape index (κ3) is 2.89. The molecule has 5 heteroatoms. The Bertz CT molecular complexity index is 382. The molecule has 1 aromatic rings. The molecule has 0 saturated heterocycles. The number of benzene rings is 1. The molecule has 15 heavy (non-hydrogen) atoms. The summed E-state index contributed by atoms with van der Waals surface area (Å²) in [5, 5.41) is 10.4. The number of nitrogens with zero attached hydrogens (tertiary/aromatic N) is 1. The maximum atomic E-state index is 13.3. The third-order valence-corrected chi connectivity index (χ3v) is 2.41. The summed E-state index contributed by atoms with van der Waals surface area (Å²) in [6, 6.07) is 2.22. The van der Waals surface area contributed by atoms with E-state index in [2.05, 4.69) is 0 Å². The fourth-order valence-corrected chi connectivity index (χ4v) is 1.50. The van der Waals surface area contributed by atoms with Crippen molar-refractivity contribution in [1.82, 2.24) is 0 Å². The van der Waals surface area contributed by atoms with Gasteiger partial charge in [0.2, 0.25) is 0 Å². The van der Waals surface area contributed by atoms with E-state index in [0.717, 1.165) is 18.9 Å². The van der Waals surface area contributed by atoms with Crippen LogP contribution < -0.4 is 0 Å². The first-order valence-electron chi connectivity index (χ1n) is 4.68. The Morgan fingerprint density at radius 1 is 1.53 bits per heavy atom. The zero-order valence-corrected chi connectivity index (χ0v) is 9.05. The van der Waals surface area contributed by atoms with Crippen molar-refractivity contribution >= 4 is 17.3 Å². The van der Waals surface area contributed by atoms with Crippen molar-refractivity contribution in [3.05, 3.63) is 38.7 Å². The summed E-state index contributed by atoms with van der Waals surface area (Å²) < 4.78 is 13.3. The predicted molar refractivity (Wildman–Crippen MR) is 56.7 cm³/mol. The number of hydrogen-bond acceptors (Lipinski definition) is 2. The second-order valence-electron chi connectivity index (χ2n) is 3.26. The first-order valence-corrected chi connectivity index (χ1v) is 5.06. The quantitative estimate of drug-likeness (QED) is 0.585. The van der Waals surface area contributed by atoms with Gasteiger partial charge in [0.25, 0.3) is 5.69 Å². The summed E-state index contributed by atoms with van der Waals surface area (Å²) in [6.07, 6.45) is 2.21. The Kier molecular flexibility index (Phi) is 4.03. The zero-order valence-electron chi connectivity index (χ0n) is 8.30. The van der Waals surface area contributed by atoms with E-state index in [1.54, 1.807) is 0 Å². The van der Waals surface area contributed by atoms with Crippen molar-refractivity contribution in [3.63, 3.8) is 0 Å². The summed E-state index contributed by atoms with van der Waals surface area (Å²) in [7, 11) is 0. The zero-order chi connectivity index (χ0) is 11.4. The van der Waals surface area contributed by atoms with Crippen LogP contribution in [0.15, 0.2) is 12.1 Å². The number of nitro groups is 1. The fourth-order valence-electron chi connectivity index (χ4n) is 1.28. The van der Waals surface area contributed by atoms with E-state index in [1.807, 2.05) is 6.92 Å². The molecule has 82 valence electrons. The molecule has 3 nitrogen and oxygen atoms in total. The van der Waals surface area contributed by atoms with Crippen LogP contribution in [-0.4, -0.2) is 4.92 Å². The van der Waals surface area contributed by atoms with Gasteiger partial charge in [-0.15, -0.1) is 0 Å². The topological polar surface area (TPSA) is 43.1 Å². The molecular weight excluding hydrogens is 221 g/mol. The Balaban J connectivity index is 3.06. The third-order valence-electron chi connectivity index (χ3n) is 2.11. The van der Waals surface area contributed by atoms with Crippen molar-refractivity contribution in [2.75, 3.05) is 0 Å². The largest absolute Gasteiger partial charge is 0.288 e. The average Bonchev–Trinajstić information content (AvgIpc) is 2.16. The Morgan fingerprint density at radius 3 is 2.73 bits per heavy atom. The monoisotopic (exact) mass is 231 g/mol. The first-order chi connectivity index (χ1) is 7.06. The lowest BCUT2D eigenvalue weighted by atomic mass is 10.1. The van der Waals surface area contributed by atoms with Crippen LogP contribution in [0.3, 0.4) is 0 Å². The van der Waals surface area contributed by atoms with Crippen molar-refractivity contribution in [2.24, 2.45) is 0 Å². The summed E-state index contributed by atoms with van der Waals surface area (Å²) in [6.45, 7) is 1.97. The van der Waals surface area contributed by atoms with Crippen molar-refractivity contribution in [3.8, 4) is 0 Å². The molecule has 0 bridgehead atoms. The van der Waals surface area contributed by atoms with Gasteiger partial charge >= 0.3 is 0 Å². The first kappa shape index (κ1) is 11.9. The lowest BCUT2D eigenvalue weighted by Gasteiger charge is -2.03.